The third kappa shape index (κ3) is 6.38. The maximum Gasteiger partial charge on any atom is 0.0483 e. The summed E-state index contributed by atoms with van der Waals surface area (Å²) >= 11 is 0. The normalized spacial score (nSPS) is 9.41. The minimum absolute atomic E-state index is 0.167. The highest BCUT2D eigenvalue weighted by Gasteiger charge is 1.89. The Labute approximate surface area is 103 Å². The minimum Gasteiger partial charge on any atom is -0.394 e. The van der Waals surface area contributed by atoms with Crippen LogP contribution in [0.15, 0.2) is 60.7 Å². The molecule has 0 saturated carbocycles. The Balaban J connectivity index is 0.000000317. The van der Waals surface area contributed by atoms with Crippen molar-refractivity contribution in [3.05, 3.63) is 60.7 Å². The Hall–Kier alpha value is -1.80. The third-order valence-corrected chi connectivity index (χ3v) is 1.84. The minimum atomic E-state index is -0.167. The molecule has 0 spiro atoms. The Bertz CT molecular complexity index is 358. The summed E-state index contributed by atoms with van der Waals surface area (Å²) in [5.41, 5.74) is 2.24. The van der Waals surface area contributed by atoms with E-state index in [-0.39, 0.29) is 6.10 Å². The second kappa shape index (κ2) is 7.47. The Morgan fingerprint density at radius 3 is 1.35 bits per heavy atom. The summed E-state index contributed by atoms with van der Waals surface area (Å²) in [7, 11) is 0. The molecule has 2 aromatic rings. The zero-order valence-electron chi connectivity index (χ0n) is 10.3. The molecule has 0 radical (unpaired) electrons. The van der Waals surface area contributed by atoms with Crippen molar-refractivity contribution in [1.29, 1.82) is 0 Å². The van der Waals surface area contributed by atoms with Gasteiger partial charge in [0, 0.05) is 17.5 Å². The van der Waals surface area contributed by atoms with Crippen LogP contribution in [0.4, 0.5) is 11.4 Å². The van der Waals surface area contributed by atoms with E-state index in [1.165, 1.54) is 0 Å². The van der Waals surface area contributed by atoms with Gasteiger partial charge in [0.2, 0.25) is 0 Å². The number of anilines is 2. The quantitative estimate of drug-likeness (QED) is 0.820. The highest BCUT2D eigenvalue weighted by atomic mass is 16.3. The summed E-state index contributed by atoms with van der Waals surface area (Å²) in [6.07, 6.45) is -0.167. The van der Waals surface area contributed by atoms with Gasteiger partial charge in [0.25, 0.3) is 0 Å². The molecule has 0 aliphatic heterocycles. The second-order valence-electron chi connectivity index (χ2n) is 3.95. The summed E-state index contributed by atoms with van der Waals surface area (Å²) in [5, 5.41) is 11.4. The summed E-state index contributed by atoms with van der Waals surface area (Å²) in [6.45, 7) is 3.44. The first kappa shape index (κ1) is 13.3. The van der Waals surface area contributed by atoms with Gasteiger partial charge in [-0.3, -0.25) is 0 Å². The van der Waals surface area contributed by atoms with E-state index < -0.39 is 0 Å². The van der Waals surface area contributed by atoms with E-state index in [0.29, 0.717) is 0 Å². The van der Waals surface area contributed by atoms with E-state index in [1.807, 2.05) is 60.7 Å². The van der Waals surface area contributed by atoms with Crippen LogP contribution in [0, 0.1) is 0 Å². The molecule has 0 fully saturated rings. The number of hydrogen-bond acceptors (Lipinski definition) is 2. The van der Waals surface area contributed by atoms with Crippen LogP contribution in [0.2, 0.25) is 0 Å². The van der Waals surface area contributed by atoms with Gasteiger partial charge in [-0.25, -0.2) is 0 Å². The van der Waals surface area contributed by atoms with Gasteiger partial charge in [-0.2, -0.15) is 0 Å². The number of benzene rings is 2. The van der Waals surface area contributed by atoms with Crippen LogP contribution in [0.3, 0.4) is 0 Å². The predicted molar refractivity (Wildman–Crippen MR) is 73.5 cm³/mol. The fraction of sp³-hybridized carbons (Fsp3) is 0.200. The van der Waals surface area contributed by atoms with Crippen LogP contribution in [0.1, 0.15) is 13.8 Å². The predicted octanol–water partition coefficient (Wildman–Crippen LogP) is 3.82. The molecule has 0 aliphatic carbocycles. The van der Waals surface area contributed by atoms with Crippen molar-refractivity contribution in [2.45, 2.75) is 20.0 Å². The van der Waals surface area contributed by atoms with Crippen molar-refractivity contribution in [2.75, 3.05) is 5.32 Å². The molecule has 0 amide bonds. The van der Waals surface area contributed by atoms with Crippen molar-refractivity contribution in [1.82, 2.24) is 0 Å². The molecule has 2 N–H and O–H groups in total. The first-order valence-electron chi connectivity index (χ1n) is 5.73. The molecule has 0 saturated heterocycles. The lowest BCUT2D eigenvalue weighted by molar-refractivity contribution is 0.216. The highest BCUT2D eigenvalue weighted by Crippen LogP contribution is 2.14. The molecule has 0 atom stereocenters. The molecular weight excluding hydrogens is 210 g/mol. The summed E-state index contributed by atoms with van der Waals surface area (Å²) in [4.78, 5) is 0. The molecule has 0 unspecified atom stereocenters. The molecule has 2 aromatic carbocycles. The second-order valence-corrected chi connectivity index (χ2v) is 3.95. The van der Waals surface area contributed by atoms with Crippen molar-refractivity contribution < 1.29 is 5.11 Å². The molecule has 2 heteroatoms. The van der Waals surface area contributed by atoms with Gasteiger partial charge in [0.15, 0.2) is 0 Å². The summed E-state index contributed by atoms with van der Waals surface area (Å²) in [6, 6.07) is 20.3. The van der Waals surface area contributed by atoms with E-state index >= 15 is 0 Å². The van der Waals surface area contributed by atoms with Crippen molar-refractivity contribution >= 4 is 11.4 Å². The number of para-hydroxylation sites is 2. The van der Waals surface area contributed by atoms with Crippen LogP contribution in [-0.4, -0.2) is 11.2 Å². The zero-order valence-corrected chi connectivity index (χ0v) is 10.3. The standard InChI is InChI=1S/C12H11N.C3H8O/c1-3-7-11(8-4-1)13-12-9-5-2-6-10-12;1-3(2)4/h1-10,13H;3-4H,1-2H3. The largest absolute Gasteiger partial charge is 0.394 e. The number of hydrogen-bond donors (Lipinski definition) is 2. The molecule has 17 heavy (non-hydrogen) atoms. The average molecular weight is 229 g/mol. The summed E-state index contributed by atoms with van der Waals surface area (Å²) in [5.74, 6) is 0. The van der Waals surface area contributed by atoms with Crippen LogP contribution < -0.4 is 5.32 Å². The Morgan fingerprint density at radius 1 is 0.765 bits per heavy atom. The topological polar surface area (TPSA) is 32.3 Å². The van der Waals surface area contributed by atoms with Crippen molar-refractivity contribution in [3.8, 4) is 0 Å². The number of aliphatic hydroxyl groups is 1. The smallest absolute Gasteiger partial charge is 0.0483 e. The fourth-order valence-corrected chi connectivity index (χ4v) is 1.21. The first-order chi connectivity index (χ1) is 8.18. The van der Waals surface area contributed by atoms with Crippen molar-refractivity contribution in [2.24, 2.45) is 0 Å². The van der Waals surface area contributed by atoms with Crippen LogP contribution >= 0.6 is 0 Å². The van der Waals surface area contributed by atoms with Gasteiger partial charge in [-0.05, 0) is 38.1 Å². The zero-order chi connectivity index (χ0) is 12.5. The first-order valence-corrected chi connectivity index (χ1v) is 5.73. The third-order valence-electron chi connectivity index (χ3n) is 1.84. The van der Waals surface area contributed by atoms with Gasteiger partial charge in [-0.1, -0.05) is 36.4 Å². The molecule has 2 rings (SSSR count). The lowest BCUT2D eigenvalue weighted by atomic mass is 10.3. The van der Waals surface area contributed by atoms with E-state index in [9.17, 15) is 0 Å². The van der Waals surface area contributed by atoms with Gasteiger partial charge in [-0.15, -0.1) is 0 Å². The van der Waals surface area contributed by atoms with Crippen LogP contribution in [0.25, 0.3) is 0 Å². The molecule has 2 nitrogen and oxygen atoms in total. The highest BCUT2D eigenvalue weighted by molar-refractivity contribution is 5.58. The molecule has 0 aromatic heterocycles. The van der Waals surface area contributed by atoms with E-state index in [1.54, 1.807) is 13.8 Å². The molecule has 0 heterocycles. The van der Waals surface area contributed by atoms with E-state index in [2.05, 4.69) is 5.32 Å². The molecule has 0 bridgehead atoms. The lowest BCUT2D eigenvalue weighted by Crippen LogP contribution is -1.87. The SMILES string of the molecule is CC(C)O.c1ccc(Nc2ccccc2)cc1. The number of rotatable bonds is 2. The summed E-state index contributed by atoms with van der Waals surface area (Å²) < 4.78 is 0. The Kier molecular flexibility index (Phi) is 5.83. The fourth-order valence-electron chi connectivity index (χ4n) is 1.21. The maximum absolute atomic E-state index is 8.06. The Morgan fingerprint density at radius 2 is 1.06 bits per heavy atom. The number of nitrogens with one attached hydrogen (secondary N) is 1. The average Bonchev–Trinajstić information content (AvgIpc) is 2.31. The van der Waals surface area contributed by atoms with Crippen LogP contribution in [0.5, 0.6) is 0 Å². The number of aliphatic hydroxyl groups excluding tert-OH is 1. The maximum atomic E-state index is 8.06. The van der Waals surface area contributed by atoms with Gasteiger partial charge in [0.05, 0.1) is 0 Å². The molecular formula is C15H19NO. The van der Waals surface area contributed by atoms with Gasteiger partial charge in [0.1, 0.15) is 0 Å². The van der Waals surface area contributed by atoms with Gasteiger partial charge < -0.3 is 10.4 Å². The monoisotopic (exact) mass is 229 g/mol. The molecule has 90 valence electrons. The van der Waals surface area contributed by atoms with Gasteiger partial charge >= 0.3 is 0 Å². The van der Waals surface area contributed by atoms with Crippen molar-refractivity contribution in [3.63, 3.8) is 0 Å². The van der Waals surface area contributed by atoms with E-state index in [4.69, 9.17) is 5.11 Å². The molecule has 0 aliphatic rings. The van der Waals surface area contributed by atoms with Crippen LogP contribution in [-0.2, 0) is 0 Å². The lowest BCUT2D eigenvalue weighted by Gasteiger charge is -2.04. The van der Waals surface area contributed by atoms with E-state index in [0.717, 1.165) is 11.4 Å².